The number of aliphatic imine (C=N–C) groups is 1. The summed E-state index contributed by atoms with van der Waals surface area (Å²) in [5.74, 6) is -0.648. The Labute approximate surface area is 154 Å². The van der Waals surface area contributed by atoms with E-state index < -0.39 is 22.4 Å². The molecule has 1 N–H and O–H groups in total. The first-order chi connectivity index (χ1) is 12.5. The van der Waals surface area contributed by atoms with Gasteiger partial charge in [0.2, 0.25) is 5.91 Å². The molecule has 3 rings (SSSR count). The highest BCUT2D eigenvalue weighted by Crippen LogP contribution is 2.23. The highest BCUT2D eigenvalue weighted by Gasteiger charge is 2.33. The molecule has 2 amide bonds. The Morgan fingerprint density at radius 2 is 1.85 bits per heavy atom. The molecule has 0 aliphatic carbocycles. The van der Waals surface area contributed by atoms with Gasteiger partial charge in [0.1, 0.15) is 11.0 Å². The highest BCUT2D eigenvalue weighted by atomic mass is 32.2. The fourth-order valence-corrected chi connectivity index (χ4v) is 3.06. The standard InChI is InChI=1S/C19H16N2O4S/c1-12-2-6-14(7-3-12)20-11-13-4-8-15(9-5-13)25-17(22)10-16-18(23)21-19(24)26-16/h2-9,11,16H,10H2,1H3,(H,21,23,24). The van der Waals surface area contributed by atoms with Crippen LogP contribution in [0.1, 0.15) is 17.5 Å². The first-order valence-corrected chi connectivity index (χ1v) is 8.80. The van der Waals surface area contributed by atoms with Crippen LogP contribution in [0, 0.1) is 6.92 Å². The van der Waals surface area contributed by atoms with E-state index in [1.807, 2.05) is 31.2 Å². The maximum atomic E-state index is 11.9. The Kier molecular flexibility index (Phi) is 5.48. The molecule has 132 valence electrons. The zero-order valence-corrected chi connectivity index (χ0v) is 14.8. The van der Waals surface area contributed by atoms with Crippen LogP contribution in [0.5, 0.6) is 5.75 Å². The zero-order chi connectivity index (χ0) is 18.5. The number of amides is 2. The molecule has 0 radical (unpaired) electrons. The topological polar surface area (TPSA) is 84.8 Å². The van der Waals surface area contributed by atoms with E-state index in [0.29, 0.717) is 5.75 Å². The summed E-state index contributed by atoms with van der Waals surface area (Å²) in [6.07, 6.45) is 1.57. The average Bonchev–Trinajstić information content (AvgIpc) is 2.92. The van der Waals surface area contributed by atoms with Gasteiger partial charge < -0.3 is 4.74 Å². The van der Waals surface area contributed by atoms with Crippen molar-refractivity contribution >= 4 is 40.8 Å². The minimum Gasteiger partial charge on any atom is -0.426 e. The van der Waals surface area contributed by atoms with Crippen molar-refractivity contribution in [2.75, 3.05) is 0 Å². The molecule has 1 saturated heterocycles. The largest absolute Gasteiger partial charge is 0.426 e. The number of nitrogens with zero attached hydrogens (tertiary/aromatic N) is 1. The SMILES string of the molecule is Cc1ccc(N=Cc2ccc(OC(=O)CC3SC(=O)NC3=O)cc2)cc1. The van der Waals surface area contributed by atoms with Crippen molar-refractivity contribution in [3.05, 3.63) is 59.7 Å². The number of hydrogen-bond donors (Lipinski definition) is 1. The summed E-state index contributed by atoms with van der Waals surface area (Å²) >= 11 is 0.803. The van der Waals surface area contributed by atoms with Crippen molar-refractivity contribution in [3.63, 3.8) is 0 Å². The molecule has 1 unspecified atom stereocenters. The minimum atomic E-state index is -0.726. The van der Waals surface area contributed by atoms with Gasteiger partial charge in [-0.3, -0.25) is 24.7 Å². The molecular weight excluding hydrogens is 352 g/mol. The third kappa shape index (κ3) is 4.80. The van der Waals surface area contributed by atoms with Gasteiger partial charge in [-0.25, -0.2) is 0 Å². The summed E-state index contributed by atoms with van der Waals surface area (Å²) < 4.78 is 5.20. The number of esters is 1. The Bertz CT molecular complexity index is 860. The quantitative estimate of drug-likeness (QED) is 0.497. The number of aryl methyl sites for hydroxylation is 1. The van der Waals surface area contributed by atoms with Crippen LogP contribution in [0.15, 0.2) is 53.5 Å². The summed E-state index contributed by atoms with van der Waals surface area (Å²) in [6.45, 7) is 2.02. The highest BCUT2D eigenvalue weighted by molar-refractivity contribution is 8.15. The van der Waals surface area contributed by atoms with Gasteiger partial charge >= 0.3 is 5.97 Å². The normalized spacial score (nSPS) is 16.7. The number of thioether (sulfide) groups is 1. The lowest BCUT2D eigenvalue weighted by molar-refractivity contribution is -0.135. The number of nitrogens with one attached hydrogen (secondary N) is 1. The number of benzene rings is 2. The van der Waals surface area contributed by atoms with Crippen LogP contribution in [0.4, 0.5) is 10.5 Å². The fourth-order valence-electron chi connectivity index (χ4n) is 2.25. The van der Waals surface area contributed by atoms with E-state index >= 15 is 0 Å². The summed E-state index contributed by atoms with van der Waals surface area (Å²) in [7, 11) is 0. The predicted octanol–water partition coefficient (Wildman–Crippen LogP) is 3.39. The van der Waals surface area contributed by atoms with Gasteiger partial charge in [0.05, 0.1) is 12.1 Å². The van der Waals surface area contributed by atoms with Crippen LogP contribution >= 0.6 is 11.8 Å². The van der Waals surface area contributed by atoms with E-state index in [9.17, 15) is 14.4 Å². The smallest absolute Gasteiger partial charge is 0.312 e. The van der Waals surface area contributed by atoms with Crippen LogP contribution in [0.2, 0.25) is 0 Å². The Hall–Kier alpha value is -2.93. The Morgan fingerprint density at radius 1 is 1.15 bits per heavy atom. The van der Waals surface area contributed by atoms with Gasteiger partial charge in [-0.1, -0.05) is 29.5 Å². The van der Waals surface area contributed by atoms with Crippen LogP contribution < -0.4 is 10.1 Å². The van der Waals surface area contributed by atoms with Crippen molar-refractivity contribution in [1.82, 2.24) is 5.32 Å². The number of ether oxygens (including phenoxy) is 1. The molecule has 1 aliphatic heterocycles. The fraction of sp³-hybridized carbons (Fsp3) is 0.158. The molecule has 0 spiro atoms. The molecule has 1 fully saturated rings. The molecule has 0 saturated carbocycles. The van der Waals surface area contributed by atoms with E-state index in [4.69, 9.17) is 4.74 Å². The maximum absolute atomic E-state index is 11.9. The first kappa shape index (κ1) is 17.9. The maximum Gasteiger partial charge on any atom is 0.312 e. The van der Waals surface area contributed by atoms with E-state index in [2.05, 4.69) is 10.3 Å². The molecule has 6 nitrogen and oxygen atoms in total. The van der Waals surface area contributed by atoms with Gasteiger partial charge in [0.15, 0.2) is 0 Å². The summed E-state index contributed by atoms with van der Waals surface area (Å²) in [6, 6.07) is 14.7. The van der Waals surface area contributed by atoms with Gasteiger partial charge in [-0.15, -0.1) is 0 Å². The van der Waals surface area contributed by atoms with Crippen LogP contribution in [0.25, 0.3) is 0 Å². The van der Waals surface area contributed by atoms with Crippen molar-refractivity contribution in [2.24, 2.45) is 4.99 Å². The minimum absolute atomic E-state index is 0.154. The third-order valence-electron chi connectivity index (χ3n) is 3.63. The molecule has 1 heterocycles. The van der Waals surface area contributed by atoms with Gasteiger partial charge in [0.25, 0.3) is 5.24 Å². The molecule has 0 aromatic heterocycles. The first-order valence-electron chi connectivity index (χ1n) is 7.92. The summed E-state index contributed by atoms with van der Waals surface area (Å²) in [4.78, 5) is 38.8. The second-order valence-corrected chi connectivity index (χ2v) is 6.90. The van der Waals surface area contributed by atoms with E-state index in [1.54, 1.807) is 30.5 Å². The molecule has 7 heteroatoms. The van der Waals surface area contributed by atoms with Crippen molar-refractivity contribution in [2.45, 2.75) is 18.6 Å². The number of imide groups is 1. The van der Waals surface area contributed by atoms with Crippen molar-refractivity contribution in [1.29, 1.82) is 0 Å². The van der Waals surface area contributed by atoms with Gasteiger partial charge in [0, 0.05) is 6.21 Å². The lowest BCUT2D eigenvalue weighted by atomic mass is 10.2. The second kappa shape index (κ2) is 7.97. The van der Waals surface area contributed by atoms with Crippen molar-refractivity contribution in [3.8, 4) is 5.75 Å². The molecule has 2 aromatic rings. The molecular formula is C19H16N2O4S. The van der Waals surface area contributed by atoms with E-state index in [1.165, 1.54) is 5.56 Å². The molecule has 26 heavy (non-hydrogen) atoms. The van der Waals surface area contributed by atoms with Crippen LogP contribution in [0.3, 0.4) is 0 Å². The lowest BCUT2D eigenvalue weighted by Crippen LogP contribution is -2.27. The number of carbonyl (C=O) groups excluding carboxylic acids is 3. The molecule has 2 aromatic carbocycles. The van der Waals surface area contributed by atoms with Crippen LogP contribution in [-0.4, -0.2) is 28.6 Å². The molecule has 1 aliphatic rings. The zero-order valence-electron chi connectivity index (χ0n) is 14.0. The van der Waals surface area contributed by atoms with E-state index in [-0.39, 0.29) is 6.42 Å². The van der Waals surface area contributed by atoms with E-state index in [0.717, 1.165) is 23.0 Å². The number of carbonyl (C=O) groups is 3. The van der Waals surface area contributed by atoms with Crippen molar-refractivity contribution < 1.29 is 19.1 Å². The van der Waals surface area contributed by atoms with Gasteiger partial charge in [-0.05, 0) is 48.9 Å². The lowest BCUT2D eigenvalue weighted by Gasteiger charge is -2.06. The Balaban J connectivity index is 1.55. The number of hydrogen-bond acceptors (Lipinski definition) is 6. The monoisotopic (exact) mass is 368 g/mol. The summed E-state index contributed by atoms with van der Waals surface area (Å²) in [5, 5.41) is 0.971. The predicted molar refractivity (Wildman–Crippen MR) is 100 cm³/mol. The Morgan fingerprint density at radius 3 is 2.46 bits per heavy atom. The third-order valence-corrected chi connectivity index (χ3v) is 4.61. The number of rotatable bonds is 5. The molecule has 0 bridgehead atoms. The summed E-state index contributed by atoms with van der Waals surface area (Å²) in [5.41, 5.74) is 2.89. The molecule has 1 atom stereocenters. The van der Waals surface area contributed by atoms with Gasteiger partial charge in [-0.2, -0.15) is 0 Å². The second-order valence-electron chi connectivity index (χ2n) is 5.72. The van der Waals surface area contributed by atoms with Crippen LogP contribution in [-0.2, 0) is 9.59 Å². The average molecular weight is 368 g/mol.